The summed E-state index contributed by atoms with van der Waals surface area (Å²) in [5, 5.41) is 0. The predicted octanol–water partition coefficient (Wildman–Crippen LogP) is 3.78. The number of carbonyl (C=O) groups excluding carboxylic acids is 1. The highest BCUT2D eigenvalue weighted by Gasteiger charge is 2.15. The third-order valence-corrected chi connectivity index (χ3v) is 4.42. The lowest BCUT2D eigenvalue weighted by Crippen LogP contribution is -2.31. The highest BCUT2D eigenvalue weighted by atomic mass is 16.5. The zero-order valence-corrected chi connectivity index (χ0v) is 14.4. The minimum absolute atomic E-state index is 0.272. The van der Waals surface area contributed by atoms with Crippen molar-refractivity contribution in [2.75, 3.05) is 25.4 Å². The van der Waals surface area contributed by atoms with Gasteiger partial charge in [-0.05, 0) is 43.4 Å². The number of anilines is 1. The quantitative estimate of drug-likeness (QED) is 0.615. The monoisotopic (exact) mass is 318 g/mol. The number of amides is 1. The number of aryl methyl sites for hydroxylation is 1. The Morgan fingerprint density at radius 3 is 2.61 bits per heavy atom. The van der Waals surface area contributed by atoms with Crippen LogP contribution in [-0.2, 0) is 11.2 Å². The zero-order valence-electron chi connectivity index (χ0n) is 14.4. The van der Waals surface area contributed by atoms with Crippen molar-refractivity contribution >= 4 is 11.6 Å². The smallest absolute Gasteiger partial charge is 0.222 e. The molecule has 1 heterocycles. The fourth-order valence-electron chi connectivity index (χ4n) is 2.94. The van der Waals surface area contributed by atoms with E-state index in [-0.39, 0.29) is 5.91 Å². The lowest BCUT2D eigenvalue weighted by molar-refractivity contribution is -0.131. The number of nitrogens with zero attached hydrogens (tertiary/aromatic N) is 1. The summed E-state index contributed by atoms with van der Waals surface area (Å²) in [4.78, 5) is 14.3. The van der Waals surface area contributed by atoms with Crippen LogP contribution in [-0.4, -0.2) is 30.5 Å². The third-order valence-electron chi connectivity index (χ3n) is 4.42. The van der Waals surface area contributed by atoms with Gasteiger partial charge in [-0.15, -0.1) is 0 Å². The summed E-state index contributed by atoms with van der Waals surface area (Å²) in [6.07, 6.45) is 8.23. The molecule has 0 radical (unpaired) electrons. The van der Waals surface area contributed by atoms with E-state index in [0.717, 1.165) is 56.5 Å². The first-order chi connectivity index (χ1) is 11.2. The van der Waals surface area contributed by atoms with Gasteiger partial charge < -0.3 is 15.4 Å². The Morgan fingerprint density at radius 1 is 1.22 bits per heavy atom. The molecule has 1 aromatic rings. The summed E-state index contributed by atoms with van der Waals surface area (Å²) in [5.74, 6) is 1.02. The minimum atomic E-state index is 0.272. The molecule has 4 nitrogen and oxygen atoms in total. The Labute approximate surface area is 140 Å². The average molecular weight is 318 g/mol. The number of hydrogen-bond donors (Lipinski definition) is 1. The molecule has 1 aliphatic rings. The molecule has 0 aromatic heterocycles. The Kier molecular flexibility index (Phi) is 7.24. The van der Waals surface area contributed by atoms with Crippen LogP contribution >= 0.6 is 0 Å². The standard InChI is InChI=1S/C19H30N2O2/c1-2-3-14-23-18-10-8-16(15-17(18)20)9-11-19(22)21-12-6-4-5-7-13-21/h8,10,15H,2-7,9,11-14,20H2,1H3. The van der Waals surface area contributed by atoms with Crippen LogP contribution < -0.4 is 10.5 Å². The number of benzene rings is 1. The topological polar surface area (TPSA) is 55.6 Å². The first-order valence-electron chi connectivity index (χ1n) is 8.99. The first-order valence-corrected chi connectivity index (χ1v) is 8.99. The van der Waals surface area contributed by atoms with Crippen LogP contribution in [0.5, 0.6) is 5.75 Å². The Bertz CT molecular complexity index is 494. The summed E-state index contributed by atoms with van der Waals surface area (Å²) >= 11 is 0. The number of likely N-dealkylation sites (tertiary alicyclic amines) is 1. The van der Waals surface area contributed by atoms with Crippen LogP contribution in [0.25, 0.3) is 0 Å². The molecule has 0 spiro atoms. The van der Waals surface area contributed by atoms with Crippen LogP contribution in [0.1, 0.15) is 57.4 Å². The normalized spacial score (nSPS) is 15.3. The Morgan fingerprint density at radius 2 is 1.96 bits per heavy atom. The molecular weight excluding hydrogens is 288 g/mol. The van der Waals surface area contributed by atoms with E-state index in [4.69, 9.17) is 10.5 Å². The number of unbranched alkanes of at least 4 members (excludes halogenated alkanes) is 1. The third kappa shape index (κ3) is 5.77. The van der Waals surface area contributed by atoms with Gasteiger partial charge in [0.1, 0.15) is 5.75 Å². The summed E-state index contributed by atoms with van der Waals surface area (Å²) in [6.45, 7) is 4.68. The molecule has 4 heteroatoms. The summed E-state index contributed by atoms with van der Waals surface area (Å²) in [7, 11) is 0. The van der Waals surface area contributed by atoms with Crippen molar-refractivity contribution in [1.82, 2.24) is 4.90 Å². The van der Waals surface area contributed by atoms with Gasteiger partial charge in [0, 0.05) is 19.5 Å². The SMILES string of the molecule is CCCCOc1ccc(CCC(=O)N2CCCCCC2)cc1N. The number of ether oxygens (including phenoxy) is 1. The lowest BCUT2D eigenvalue weighted by Gasteiger charge is -2.20. The van der Waals surface area contributed by atoms with E-state index in [1.165, 1.54) is 12.8 Å². The molecule has 0 saturated carbocycles. The summed E-state index contributed by atoms with van der Waals surface area (Å²) < 4.78 is 5.67. The molecule has 0 unspecified atom stereocenters. The molecule has 1 aliphatic heterocycles. The Hall–Kier alpha value is -1.71. The largest absolute Gasteiger partial charge is 0.491 e. The van der Waals surface area contributed by atoms with Gasteiger partial charge in [0.2, 0.25) is 5.91 Å². The van der Waals surface area contributed by atoms with E-state index in [1.807, 2.05) is 23.1 Å². The molecule has 128 valence electrons. The highest BCUT2D eigenvalue weighted by Crippen LogP contribution is 2.23. The molecule has 1 amide bonds. The van der Waals surface area contributed by atoms with Gasteiger partial charge >= 0.3 is 0 Å². The van der Waals surface area contributed by atoms with Crippen molar-refractivity contribution < 1.29 is 9.53 Å². The van der Waals surface area contributed by atoms with Crippen LogP contribution in [0.3, 0.4) is 0 Å². The van der Waals surface area contributed by atoms with Crippen molar-refractivity contribution in [3.05, 3.63) is 23.8 Å². The molecule has 1 fully saturated rings. The van der Waals surface area contributed by atoms with Crippen molar-refractivity contribution in [2.24, 2.45) is 0 Å². The van der Waals surface area contributed by atoms with Gasteiger partial charge in [0.15, 0.2) is 0 Å². The molecular formula is C19H30N2O2. The second kappa shape index (κ2) is 9.43. The van der Waals surface area contributed by atoms with Gasteiger partial charge in [0.05, 0.1) is 12.3 Å². The van der Waals surface area contributed by atoms with Gasteiger partial charge in [0.25, 0.3) is 0 Å². The van der Waals surface area contributed by atoms with Crippen LogP contribution in [0.4, 0.5) is 5.69 Å². The molecule has 2 N–H and O–H groups in total. The second-order valence-corrected chi connectivity index (χ2v) is 6.37. The molecule has 0 bridgehead atoms. The predicted molar refractivity (Wildman–Crippen MR) is 94.6 cm³/mol. The second-order valence-electron chi connectivity index (χ2n) is 6.37. The van der Waals surface area contributed by atoms with E-state index in [1.54, 1.807) is 0 Å². The maximum atomic E-state index is 12.3. The maximum absolute atomic E-state index is 12.3. The van der Waals surface area contributed by atoms with E-state index < -0.39 is 0 Å². The molecule has 0 aliphatic carbocycles. The molecule has 1 aromatic carbocycles. The molecule has 0 atom stereocenters. The van der Waals surface area contributed by atoms with Gasteiger partial charge in [-0.2, -0.15) is 0 Å². The first kappa shape index (κ1) is 17.6. The van der Waals surface area contributed by atoms with Crippen molar-refractivity contribution in [3.8, 4) is 5.75 Å². The maximum Gasteiger partial charge on any atom is 0.222 e. The zero-order chi connectivity index (χ0) is 16.5. The Balaban J connectivity index is 1.82. The fraction of sp³-hybridized carbons (Fsp3) is 0.632. The van der Waals surface area contributed by atoms with Crippen LogP contribution in [0.15, 0.2) is 18.2 Å². The van der Waals surface area contributed by atoms with E-state index in [2.05, 4.69) is 6.92 Å². The fourth-order valence-corrected chi connectivity index (χ4v) is 2.94. The number of nitrogens with two attached hydrogens (primary N) is 1. The van der Waals surface area contributed by atoms with E-state index in [0.29, 0.717) is 18.7 Å². The molecule has 2 rings (SSSR count). The molecule has 1 saturated heterocycles. The number of hydrogen-bond acceptors (Lipinski definition) is 3. The van der Waals surface area contributed by atoms with Crippen molar-refractivity contribution in [1.29, 1.82) is 0 Å². The van der Waals surface area contributed by atoms with Crippen LogP contribution in [0, 0.1) is 0 Å². The van der Waals surface area contributed by atoms with Crippen molar-refractivity contribution in [2.45, 2.75) is 58.3 Å². The van der Waals surface area contributed by atoms with Gasteiger partial charge in [-0.3, -0.25) is 4.79 Å². The van der Waals surface area contributed by atoms with E-state index in [9.17, 15) is 4.79 Å². The summed E-state index contributed by atoms with van der Waals surface area (Å²) in [5.41, 5.74) is 7.83. The van der Waals surface area contributed by atoms with Gasteiger partial charge in [-0.1, -0.05) is 32.3 Å². The molecule has 23 heavy (non-hydrogen) atoms. The minimum Gasteiger partial charge on any atom is -0.491 e. The van der Waals surface area contributed by atoms with E-state index >= 15 is 0 Å². The number of carbonyl (C=O) groups is 1. The average Bonchev–Trinajstić information content (AvgIpc) is 2.84. The van der Waals surface area contributed by atoms with Crippen molar-refractivity contribution in [3.63, 3.8) is 0 Å². The summed E-state index contributed by atoms with van der Waals surface area (Å²) in [6, 6.07) is 5.89. The van der Waals surface area contributed by atoms with Gasteiger partial charge in [-0.25, -0.2) is 0 Å². The van der Waals surface area contributed by atoms with Crippen LogP contribution in [0.2, 0.25) is 0 Å². The number of nitrogen functional groups attached to an aromatic ring is 1. The lowest BCUT2D eigenvalue weighted by atomic mass is 10.1. The number of rotatable bonds is 7. The highest BCUT2D eigenvalue weighted by molar-refractivity contribution is 5.76.